The molecule has 0 aliphatic carbocycles. The Hall–Kier alpha value is -2.97. The molecule has 1 fully saturated rings. The molecule has 2 aliphatic heterocycles. The normalized spacial score (nSPS) is 16.0. The number of nitrogens with zero attached hydrogens (tertiary/aromatic N) is 6. The van der Waals surface area contributed by atoms with E-state index in [1.165, 1.54) is 5.56 Å². The van der Waals surface area contributed by atoms with Crippen LogP contribution in [-0.4, -0.2) is 59.3 Å². The van der Waals surface area contributed by atoms with Gasteiger partial charge in [-0.1, -0.05) is 41.9 Å². The summed E-state index contributed by atoms with van der Waals surface area (Å²) in [6, 6.07) is 10.2. The summed E-state index contributed by atoms with van der Waals surface area (Å²) >= 11 is 6.40. The second-order valence-corrected chi connectivity index (χ2v) is 7.56. The number of piperazine rings is 1. The van der Waals surface area contributed by atoms with Crippen molar-refractivity contribution in [3.8, 4) is 5.88 Å². The fourth-order valence-electron chi connectivity index (χ4n) is 3.46. The molecule has 0 spiro atoms. The number of fused-ring (bicyclic) bond motifs is 1. The molecule has 2 aliphatic rings. The van der Waals surface area contributed by atoms with Gasteiger partial charge in [0.1, 0.15) is 0 Å². The first-order valence-corrected chi connectivity index (χ1v) is 10.5. The number of benzene rings is 1. The van der Waals surface area contributed by atoms with Crippen LogP contribution in [0.1, 0.15) is 5.56 Å². The summed E-state index contributed by atoms with van der Waals surface area (Å²) in [6.45, 7) is 4.74. The third-order valence-electron chi connectivity index (χ3n) is 5.16. The molecule has 30 heavy (non-hydrogen) atoms. The second-order valence-electron chi connectivity index (χ2n) is 7.20. The van der Waals surface area contributed by atoms with Crippen LogP contribution in [0.2, 0.25) is 5.15 Å². The van der Waals surface area contributed by atoms with Gasteiger partial charge < -0.3 is 19.9 Å². The van der Waals surface area contributed by atoms with Crippen LogP contribution in [0.15, 0.2) is 42.6 Å². The molecule has 0 amide bonds. The third-order valence-corrected chi connectivity index (χ3v) is 5.41. The minimum atomic E-state index is 0.222. The van der Waals surface area contributed by atoms with Gasteiger partial charge in [-0.05, 0) is 11.6 Å². The van der Waals surface area contributed by atoms with E-state index >= 15 is 0 Å². The van der Waals surface area contributed by atoms with Crippen LogP contribution in [0.5, 0.6) is 5.88 Å². The molecule has 3 aromatic rings. The maximum Gasteiger partial charge on any atom is 0.254 e. The molecule has 0 bridgehead atoms. The fraction of sp³-hybridized carbons (Fsp3) is 0.333. The van der Waals surface area contributed by atoms with Gasteiger partial charge in [-0.3, -0.25) is 0 Å². The van der Waals surface area contributed by atoms with Crippen molar-refractivity contribution in [3.05, 3.63) is 53.3 Å². The largest absolute Gasteiger partial charge is 0.475 e. The molecule has 0 radical (unpaired) electrons. The highest BCUT2D eigenvalue weighted by Crippen LogP contribution is 2.31. The van der Waals surface area contributed by atoms with Crippen LogP contribution in [0, 0.1) is 0 Å². The summed E-state index contributed by atoms with van der Waals surface area (Å²) in [5.74, 6) is 1.68. The Morgan fingerprint density at radius 3 is 2.57 bits per heavy atom. The van der Waals surface area contributed by atoms with Gasteiger partial charge in [0.25, 0.3) is 5.88 Å². The first kappa shape index (κ1) is 19.0. The van der Waals surface area contributed by atoms with Gasteiger partial charge in [0.05, 0.1) is 6.61 Å². The van der Waals surface area contributed by atoms with Crippen LogP contribution < -0.4 is 19.9 Å². The number of nitrogens with one attached hydrogen (secondary N) is 1. The highest BCUT2D eigenvalue weighted by atomic mass is 35.5. The summed E-state index contributed by atoms with van der Waals surface area (Å²) in [4.78, 5) is 22.8. The Morgan fingerprint density at radius 1 is 1.03 bits per heavy atom. The maximum absolute atomic E-state index is 6.40. The lowest BCUT2D eigenvalue weighted by atomic mass is 10.2. The zero-order chi connectivity index (χ0) is 20.3. The maximum atomic E-state index is 6.40. The van der Waals surface area contributed by atoms with Gasteiger partial charge in [-0.2, -0.15) is 15.0 Å². The van der Waals surface area contributed by atoms with E-state index in [4.69, 9.17) is 26.3 Å². The predicted octanol–water partition coefficient (Wildman–Crippen LogP) is 2.44. The van der Waals surface area contributed by atoms with E-state index in [-0.39, 0.29) is 5.15 Å². The third kappa shape index (κ3) is 3.88. The lowest BCUT2D eigenvalue weighted by Crippen LogP contribution is -2.44. The van der Waals surface area contributed by atoms with E-state index in [0.717, 1.165) is 45.0 Å². The number of hydrogen-bond donors (Lipinski definition) is 1. The molecule has 0 saturated carbocycles. The lowest BCUT2D eigenvalue weighted by Gasteiger charge is -2.30. The Kier molecular flexibility index (Phi) is 5.33. The van der Waals surface area contributed by atoms with Crippen molar-refractivity contribution in [1.82, 2.24) is 25.3 Å². The molecular weight excluding hydrogens is 402 g/mol. The van der Waals surface area contributed by atoms with Crippen LogP contribution in [0.4, 0.5) is 11.8 Å². The summed E-state index contributed by atoms with van der Waals surface area (Å²) in [5.41, 5.74) is 2.27. The molecule has 5 rings (SSSR count). The topological polar surface area (TPSA) is 79.3 Å². The molecule has 2 aromatic heterocycles. The predicted molar refractivity (Wildman–Crippen MR) is 117 cm³/mol. The lowest BCUT2D eigenvalue weighted by molar-refractivity contribution is 0.309. The van der Waals surface area contributed by atoms with E-state index in [9.17, 15) is 0 Å². The number of rotatable bonds is 6. The Balaban J connectivity index is 1.45. The first-order valence-electron chi connectivity index (χ1n) is 10.1. The summed E-state index contributed by atoms with van der Waals surface area (Å²) in [6.07, 6.45) is 4.80. The van der Waals surface area contributed by atoms with Crippen LogP contribution in [-0.2, 0) is 6.42 Å². The van der Waals surface area contributed by atoms with Crippen LogP contribution in [0.25, 0.3) is 11.2 Å². The van der Waals surface area contributed by atoms with Gasteiger partial charge in [0, 0.05) is 45.3 Å². The van der Waals surface area contributed by atoms with Crippen molar-refractivity contribution in [2.75, 3.05) is 49.1 Å². The van der Waals surface area contributed by atoms with E-state index in [1.54, 1.807) is 0 Å². The molecule has 4 heterocycles. The van der Waals surface area contributed by atoms with E-state index in [0.29, 0.717) is 29.6 Å². The van der Waals surface area contributed by atoms with Crippen molar-refractivity contribution < 1.29 is 4.74 Å². The molecule has 1 saturated heterocycles. The van der Waals surface area contributed by atoms with Gasteiger partial charge in [-0.15, -0.1) is 0 Å². The van der Waals surface area contributed by atoms with Gasteiger partial charge in [-0.25, -0.2) is 4.98 Å². The van der Waals surface area contributed by atoms with Crippen molar-refractivity contribution in [1.29, 1.82) is 0 Å². The molecule has 1 N–H and O–H groups in total. The molecule has 1 aromatic carbocycles. The molecule has 0 atom stereocenters. The van der Waals surface area contributed by atoms with Gasteiger partial charge in [0.15, 0.2) is 22.1 Å². The van der Waals surface area contributed by atoms with Crippen LogP contribution >= 0.6 is 11.6 Å². The minimum absolute atomic E-state index is 0.222. The molecule has 0 unspecified atom stereocenters. The Morgan fingerprint density at radius 2 is 1.83 bits per heavy atom. The molecular formula is C21H22ClN7O. The first-order chi connectivity index (χ1) is 14.8. The Labute approximate surface area is 179 Å². The van der Waals surface area contributed by atoms with Crippen LogP contribution in [0.3, 0.4) is 0 Å². The van der Waals surface area contributed by atoms with Gasteiger partial charge >= 0.3 is 0 Å². The number of anilines is 2. The number of ether oxygens (including phenoxy) is 1. The van der Waals surface area contributed by atoms with Crippen molar-refractivity contribution in [2.24, 2.45) is 0 Å². The summed E-state index contributed by atoms with van der Waals surface area (Å²) in [5, 5.41) is 3.57. The summed E-state index contributed by atoms with van der Waals surface area (Å²) in [7, 11) is 0. The fourth-order valence-corrected chi connectivity index (χ4v) is 3.64. The molecule has 8 nitrogen and oxygen atoms in total. The van der Waals surface area contributed by atoms with Crippen molar-refractivity contribution >= 4 is 34.5 Å². The molecule has 9 heteroatoms. The molecule has 154 valence electrons. The SMILES string of the molecule is Clc1nc2c(N3C=CC3)nc(N3CCNCC3)nc2nc1OCCc1ccccc1. The quantitative estimate of drug-likeness (QED) is 0.647. The monoisotopic (exact) mass is 423 g/mol. The average molecular weight is 424 g/mol. The number of hydrogen-bond acceptors (Lipinski definition) is 8. The highest BCUT2D eigenvalue weighted by molar-refractivity contribution is 6.31. The number of halogens is 1. The van der Waals surface area contributed by atoms with E-state index < -0.39 is 0 Å². The zero-order valence-electron chi connectivity index (χ0n) is 16.5. The highest BCUT2D eigenvalue weighted by Gasteiger charge is 2.23. The zero-order valence-corrected chi connectivity index (χ0v) is 17.2. The van der Waals surface area contributed by atoms with Gasteiger partial charge in [0.2, 0.25) is 5.95 Å². The second kappa shape index (κ2) is 8.41. The van der Waals surface area contributed by atoms with Crippen molar-refractivity contribution in [3.63, 3.8) is 0 Å². The number of aromatic nitrogens is 4. The average Bonchev–Trinajstić information content (AvgIpc) is 2.74. The Bertz CT molecular complexity index is 1070. The standard InChI is InChI=1S/C21H22ClN7O/c22-17-20(30-14-7-15-5-2-1-3-6-15)25-18-16(24-17)19(28-10-4-11-28)27-21(26-18)29-12-8-23-9-13-29/h1-6,10,23H,7-9,11-14H2. The van der Waals surface area contributed by atoms with E-state index in [1.807, 2.05) is 29.3 Å². The minimum Gasteiger partial charge on any atom is -0.475 e. The van der Waals surface area contributed by atoms with E-state index in [2.05, 4.69) is 38.4 Å². The smallest absolute Gasteiger partial charge is 0.254 e. The summed E-state index contributed by atoms with van der Waals surface area (Å²) < 4.78 is 5.86. The van der Waals surface area contributed by atoms with Crippen molar-refractivity contribution in [2.45, 2.75) is 6.42 Å².